The predicted octanol–water partition coefficient (Wildman–Crippen LogP) is 3.02. The minimum absolute atomic E-state index is 0.331. The van der Waals surface area contributed by atoms with Gasteiger partial charge in [0.2, 0.25) is 0 Å². The SMILES string of the molecule is CC(C)(CNC1CC1)CN(Cc1ccco1)C1CC1. The Kier molecular flexibility index (Phi) is 3.68. The molecular formula is C16H26N2O. The van der Waals surface area contributed by atoms with Gasteiger partial charge in [0, 0.05) is 25.2 Å². The van der Waals surface area contributed by atoms with Crippen LogP contribution in [0.25, 0.3) is 0 Å². The Morgan fingerprint density at radius 1 is 1.32 bits per heavy atom. The quantitative estimate of drug-likeness (QED) is 0.780. The van der Waals surface area contributed by atoms with Crippen molar-refractivity contribution < 1.29 is 4.42 Å². The van der Waals surface area contributed by atoms with Crippen LogP contribution in [0.3, 0.4) is 0 Å². The molecule has 0 atom stereocenters. The molecule has 1 N–H and O–H groups in total. The van der Waals surface area contributed by atoms with Crippen LogP contribution in [0.1, 0.15) is 45.3 Å². The highest BCUT2D eigenvalue weighted by Crippen LogP contribution is 2.32. The normalized spacial score (nSPS) is 20.2. The molecule has 2 saturated carbocycles. The van der Waals surface area contributed by atoms with Gasteiger partial charge in [-0.2, -0.15) is 0 Å². The number of nitrogens with zero attached hydrogens (tertiary/aromatic N) is 1. The Labute approximate surface area is 116 Å². The number of rotatable bonds is 8. The number of hydrogen-bond acceptors (Lipinski definition) is 3. The van der Waals surface area contributed by atoms with E-state index in [1.54, 1.807) is 6.26 Å². The zero-order valence-corrected chi connectivity index (χ0v) is 12.2. The van der Waals surface area contributed by atoms with Gasteiger partial charge in [-0.25, -0.2) is 0 Å². The van der Waals surface area contributed by atoms with Crippen LogP contribution in [-0.4, -0.2) is 30.1 Å². The smallest absolute Gasteiger partial charge is 0.117 e. The van der Waals surface area contributed by atoms with Crippen molar-refractivity contribution in [1.29, 1.82) is 0 Å². The molecule has 3 nitrogen and oxygen atoms in total. The van der Waals surface area contributed by atoms with Gasteiger partial charge in [0.15, 0.2) is 0 Å². The first-order valence-electron chi connectivity index (χ1n) is 7.62. The molecule has 0 radical (unpaired) electrons. The summed E-state index contributed by atoms with van der Waals surface area (Å²) in [6.07, 6.45) is 7.23. The molecule has 2 fully saturated rings. The standard InChI is InChI=1S/C16H26N2O/c1-16(2,11-17-13-5-6-13)12-18(14-7-8-14)10-15-4-3-9-19-15/h3-4,9,13-14,17H,5-8,10-12H2,1-2H3. The van der Waals surface area contributed by atoms with Crippen LogP contribution in [-0.2, 0) is 6.54 Å². The third kappa shape index (κ3) is 4.08. The monoisotopic (exact) mass is 262 g/mol. The second-order valence-corrected chi connectivity index (χ2v) is 7.03. The molecule has 0 unspecified atom stereocenters. The Bertz CT molecular complexity index is 391. The molecule has 2 aliphatic carbocycles. The lowest BCUT2D eigenvalue weighted by molar-refractivity contribution is 0.150. The first-order chi connectivity index (χ1) is 9.12. The number of hydrogen-bond donors (Lipinski definition) is 1. The van der Waals surface area contributed by atoms with Crippen molar-refractivity contribution in [3.63, 3.8) is 0 Å². The van der Waals surface area contributed by atoms with E-state index < -0.39 is 0 Å². The van der Waals surface area contributed by atoms with Crippen LogP contribution in [0.2, 0.25) is 0 Å². The summed E-state index contributed by atoms with van der Waals surface area (Å²) in [5.74, 6) is 1.10. The van der Waals surface area contributed by atoms with Gasteiger partial charge >= 0.3 is 0 Å². The van der Waals surface area contributed by atoms with Crippen LogP contribution in [0.4, 0.5) is 0 Å². The molecule has 0 aliphatic heterocycles. The van der Waals surface area contributed by atoms with E-state index in [0.717, 1.165) is 37.5 Å². The van der Waals surface area contributed by atoms with Gasteiger partial charge < -0.3 is 9.73 Å². The average Bonchev–Trinajstić information content (AvgIpc) is 3.27. The second-order valence-electron chi connectivity index (χ2n) is 7.03. The van der Waals surface area contributed by atoms with Gasteiger partial charge in [0.05, 0.1) is 12.8 Å². The number of nitrogens with one attached hydrogen (secondary N) is 1. The van der Waals surface area contributed by atoms with E-state index in [9.17, 15) is 0 Å². The Morgan fingerprint density at radius 3 is 2.68 bits per heavy atom. The van der Waals surface area contributed by atoms with Crippen LogP contribution < -0.4 is 5.32 Å². The van der Waals surface area contributed by atoms with E-state index in [4.69, 9.17) is 4.42 Å². The lowest BCUT2D eigenvalue weighted by Crippen LogP contribution is -2.41. The molecule has 0 amide bonds. The third-order valence-electron chi connectivity index (χ3n) is 4.08. The average molecular weight is 262 g/mol. The van der Waals surface area contributed by atoms with E-state index >= 15 is 0 Å². The maximum atomic E-state index is 5.51. The molecule has 0 aromatic carbocycles. The summed E-state index contributed by atoms with van der Waals surface area (Å²) < 4.78 is 5.51. The molecule has 106 valence electrons. The fourth-order valence-corrected chi connectivity index (χ4v) is 2.67. The second kappa shape index (κ2) is 5.29. The Morgan fingerprint density at radius 2 is 2.11 bits per heavy atom. The fourth-order valence-electron chi connectivity index (χ4n) is 2.67. The van der Waals surface area contributed by atoms with E-state index in [1.807, 2.05) is 6.07 Å². The molecule has 0 spiro atoms. The van der Waals surface area contributed by atoms with Gasteiger partial charge in [-0.3, -0.25) is 4.90 Å². The van der Waals surface area contributed by atoms with Gasteiger partial charge in [0.1, 0.15) is 5.76 Å². The summed E-state index contributed by atoms with van der Waals surface area (Å²) in [7, 11) is 0. The third-order valence-corrected chi connectivity index (χ3v) is 4.08. The molecule has 0 bridgehead atoms. The summed E-state index contributed by atoms with van der Waals surface area (Å²) >= 11 is 0. The zero-order valence-electron chi connectivity index (χ0n) is 12.2. The van der Waals surface area contributed by atoms with E-state index in [1.165, 1.54) is 25.7 Å². The minimum atomic E-state index is 0.331. The predicted molar refractivity (Wildman–Crippen MR) is 76.9 cm³/mol. The molecule has 3 heteroatoms. The summed E-state index contributed by atoms with van der Waals surface area (Å²) in [5.41, 5.74) is 0.331. The van der Waals surface area contributed by atoms with Crippen molar-refractivity contribution in [1.82, 2.24) is 10.2 Å². The van der Waals surface area contributed by atoms with Crippen molar-refractivity contribution in [2.45, 2.75) is 58.2 Å². The summed E-state index contributed by atoms with van der Waals surface area (Å²) in [6, 6.07) is 5.66. The molecular weight excluding hydrogens is 236 g/mol. The molecule has 2 aliphatic rings. The summed E-state index contributed by atoms with van der Waals surface area (Å²) in [6.45, 7) is 7.99. The van der Waals surface area contributed by atoms with Gasteiger partial charge in [-0.1, -0.05) is 13.8 Å². The van der Waals surface area contributed by atoms with Crippen molar-refractivity contribution in [2.24, 2.45) is 5.41 Å². The maximum absolute atomic E-state index is 5.51. The topological polar surface area (TPSA) is 28.4 Å². The largest absolute Gasteiger partial charge is 0.468 e. The molecule has 19 heavy (non-hydrogen) atoms. The van der Waals surface area contributed by atoms with Crippen LogP contribution in [0, 0.1) is 5.41 Å². The first kappa shape index (κ1) is 13.2. The minimum Gasteiger partial charge on any atom is -0.468 e. The van der Waals surface area contributed by atoms with Crippen LogP contribution in [0.15, 0.2) is 22.8 Å². The van der Waals surface area contributed by atoms with Gasteiger partial charge in [-0.15, -0.1) is 0 Å². The maximum Gasteiger partial charge on any atom is 0.117 e. The zero-order chi connectivity index (χ0) is 13.3. The van der Waals surface area contributed by atoms with Crippen molar-refractivity contribution in [2.75, 3.05) is 13.1 Å². The summed E-state index contributed by atoms with van der Waals surface area (Å²) in [4.78, 5) is 2.60. The first-order valence-corrected chi connectivity index (χ1v) is 7.62. The van der Waals surface area contributed by atoms with Gasteiger partial charge in [0.25, 0.3) is 0 Å². The van der Waals surface area contributed by atoms with Crippen LogP contribution in [0.5, 0.6) is 0 Å². The molecule has 0 saturated heterocycles. The van der Waals surface area contributed by atoms with E-state index in [-0.39, 0.29) is 0 Å². The highest BCUT2D eigenvalue weighted by Gasteiger charge is 2.34. The lowest BCUT2D eigenvalue weighted by atomic mass is 9.92. The Balaban J connectivity index is 1.53. The molecule has 3 rings (SSSR count). The molecule has 1 aromatic rings. The van der Waals surface area contributed by atoms with Crippen molar-refractivity contribution in [3.8, 4) is 0 Å². The van der Waals surface area contributed by atoms with Crippen molar-refractivity contribution >= 4 is 0 Å². The molecule has 1 aromatic heterocycles. The van der Waals surface area contributed by atoms with E-state index in [0.29, 0.717) is 5.41 Å². The highest BCUT2D eigenvalue weighted by molar-refractivity contribution is 5.00. The van der Waals surface area contributed by atoms with Crippen LogP contribution >= 0.6 is 0 Å². The lowest BCUT2D eigenvalue weighted by Gasteiger charge is -2.32. The number of furan rings is 1. The van der Waals surface area contributed by atoms with Crippen molar-refractivity contribution in [3.05, 3.63) is 24.2 Å². The van der Waals surface area contributed by atoms with Gasteiger partial charge in [-0.05, 0) is 43.2 Å². The van der Waals surface area contributed by atoms with E-state index in [2.05, 4.69) is 30.1 Å². The summed E-state index contributed by atoms with van der Waals surface area (Å²) in [5, 5.41) is 3.67. The Hall–Kier alpha value is -0.800. The molecule has 1 heterocycles. The fraction of sp³-hybridized carbons (Fsp3) is 0.750. The highest BCUT2D eigenvalue weighted by atomic mass is 16.3.